The quantitative estimate of drug-likeness (QED) is 0.667. The van der Waals surface area contributed by atoms with Gasteiger partial charge in [0.05, 0.1) is 0 Å². The second-order valence-corrected chi connectivity index (χ2v) is 8.80. The lowest BCUT2D eigenvalue weighted by atomic mass is 9.71. The second kappa shape index (κ2) is 7.34. The normalized spacial score (nSPS) is 18.3. The van der Waals surface area contributed by atoms with Crippen LogP contribution in [-0.4, -0.2) is 6.09 Å². The van der Waals surface area contributed by atoms with Gasteiger partial charge in [-0.05, 0) is 52.8 Å². The number of hydrogen-bond donors (Lipinski definition) is 1. The molecule has 3 rings (SSSR count). The first-order chi connectivity index (χ1) is 12.7. The van der Waals surface area contributed by atoms with E-state index in [1.807, 2.05) is 30.3 Å². The molecule has 0 radical (unpaired) electrons. The van der Waals surface area contributed by atoms with E-state index in [1.165, 1.54) is 6.07 Å². The van der Waals surface area contributed by atoms with Gasteiger partial charge in [-0.25, -0.2) is 9.18 Å². The van der Waals surface area contributed by atoms with Gasteiger partial charge in [0.25, 0.3) is 0 Å². The highest BCUT2D eigenvalue weighted by atomic mass is 19.1. The molecule has 1 amide bonds. The molecule has 1 saturated carbocycles. The van der Waals surface area contributed by atoms with Crippen LogP contribution in [0.4, 0.5) is 14.9 Å². The highest BCUT2D eigenvalue weighted by molar-refractivity contribution is 5.84. The molecular weight excluding hydrogens is 341 g/mol. The molecule has 0 aromatic heterocycles. The molecule has 4 heteroatoms. The monoisotopic (exact) mass is 369 g/mol. The van der Waals surface area contributed by atoms with E-state index in [2.05, 4.69) is 33.0 Å². The van der Waals surface area contributed by atoms with Crippen molar-refractivity contribution in [3.05, 3.63) is 65.5 Å². The van der Waals surface area contributed by atoms with Gasteiger partial charge < -0.3 is 4.74 Å². The molecule has 0 unspecified atom stereocenters. The molecule has 0 bridgehead atoms. The minimum Gasteiger partial charge on any atom is -0.444 e. The average Bonchev–Trinajstić information content (AvgIpc) is 2.81. The van der Waals surface area contributed by atoms with Crippen LogP contribution in [0, 0.1) is 16.6 Å². The zero-order chi connectivity index (χ0) is 19.7. The SMILES string of the molecule is CC1(C)CC(c2ccc(NC(=O)OCc3ccccc3)cc2F)CC1(C)C. The number of hydrogen-bond acceptors (Lipinski definition) is 2. The summed E-state index contributed by atoms with van der Waals surface area (Å²) in [6.07, 6.45) is 1.33. The van der Waals surface area contributed by atoms with E-state index in [1.54, 1.807) is 12.1 Å². The minimum absolute atomic E-state index is 0.169. The molecule has 1 aliphatic carbocycles. The van der Waals surface area contributed by atoms with Crippen molar-refractivity contribution < 1.29 is 13.9 Å². The van der Waals surface area contributed by atoms with Crippen molar-refractivity contribution in [2.45, 2.75) is 53.1 Å². The average molecular weight is 369 g/mol. The summed E-state index contributed by atoms with van der Waals surface area (Å²) in [6, 6.07) is 14.4. The highest BCUT2D eigenvalue weighted by Crippen LogP contribution is 2.58. The molecule has 1 fully saturated rings. The molecule has 0 spiro atoms. The van der Waals surface area contributed by atoms with E-state index >= 15 is 0 Å². The first kappa shape index (κ1) is 19.4. The maximum absolute atomic E-state index is 14.7. The molecule has 1 N–H and O–H groups in total. The number of halogens is 1. The van der Waals surface area contributed by atoms with Crippen LogP contribution in [-0.2, 0) is 11.3 Å². The molecular formula is C23H28FNO2. The number of carbonyl (C=O) groups excluding carboxylic acids is 1. The van der Waals surface area contributed by atoms with Gasteiger partial charge >= 0.3 is 6.09 Å². The molecule has 2 aromatic carbocycles. The van der Waals surface area contributed by atoms with Crippen LogP contribution in [0.2, 0.25) is 0 Å². The summed E-state index contributed by atoms with van der Waals surface area (Å²) in [4.78, 5) is 12.0. The lowest BCUT2D eigenvalue weighted by Crippen LogP contribution is -2.25. The Kier molecular flexibility index (Phi) is 5.27. The molecule has 0 saturated heterocycles. The topological polar surface area (TPSA) is 38.3 Å². The van der Waals surface area contributed by atoms with Crippen LogP contribution in [0.25, 0.3) is 0 Å². The Hall–Kier alpha value is -2.36. The summed E-state index contributed by atoms with van der Waals surface area (Å²) in [7, 11) is 0. The number of rotatable bonds is 4. The number of nitrogens with one attached hydrogen (secondary N) is 1. The van der Waals surface area contributed by atoms with E-state index in [0.29, 0.717) is 5.69 Å². The third kappa shape index (κ3) is 4.32. The summed E-state index contributed by atoms with van der Waals surface area (Å²) < 4.78 is 19.9. The molecule has 0 atom stereocenters. The third-order valence-corrected chi connectivity index (χ3v) is 6.24. The van der Waals surface area contributed by atoms with Crippen molar-refractivity contribution in [1.82, 2.24) is 0 Å². The van der Waals surface area contributed by atoms with Crippen molar-refractivity contribution in [3.8, 4) is 0 Å². The van der Waals surface area contributed by atoms with Crippen molar-refractivity contribution in [3.63, 3.8) is 0 Å². The Morgan fingerprint density at radius 3 is 2.30 bits per heavy atom. The van der Waals surface area contributed by atoms with Crippen molar-refractivity contribution in [2.75, 3.05) is 5.32 Å². The van der Waals surface area contributed by atoms with Crippen LogP contribution >= 0.6 is 0 Å². The second-order valence-electron chi connectivity index (χ2n) is 8.80. The number of amides is 1. The molecule has 3 nitrogen and oxygen atoms in total. The van der Waals surface area contributed by atoms with Gasteiger partial charge in [0.1, 0.15) is 12.4 Å². The highest BCUT2D eigenvalue weighted by Gasteiger charge is 2.47. The maximum atomic E-state index is 14.7. The summed E-state index contributed by atoms with van der Waals surface area (Å²) in [5.41, 5.74) is 2.38. The lowest BCUT2D eigenvalue weighted by Gasteiger charge is -2.34. The fraction of sp³-hybridized carbons (Fsp3) is 0.435. The standard InChI is InChI=1S/C23H28FNO2/c1-22(2)13-17(14-23(22,3)4)19-11-10-18(12-20(19)24)25-21(26)27-15-16-8-6-5-7-9-16/h5-12,17H,13-15H2,1-4H3,(H,25,26). The Balaban J connectivity index is 1.62. The van der Waals surface area contributed by atoms with Crippen LogP contribution in [0.15, 0.2) is 48.5 Å². The largest absolute Gasteiger partial charge is 0.444 e. The Bertz CT molecular complexity index is 798. The molecule has 1 aliphatic rings. The van der Waals surface area contributed by atoms with E-state index < -0.39 is 6.09 Å². The van der Waals surface area contributed by atoms with E-state index in [4.69, 9.17) is 4.74 Å². The molecule has 27 heavy (non-hydrogen) atoms. The predicted octanol–water partition coefficient (Wildman–Crippen LogP) is 6.50. The predicted molar refractivity (Wildman–Crippen MR) is 106 cm³/mol. The van der Waals surface area contributed by atoms with Crippen LogP contribution in [0.5, 0.6) is 0 Å². The molecule has 2 aromatic rings. The molecule has 0 heterocycles. The van der Waals surface area contributed by atoms with Gasteiger partial charge in [0, 0.05) is 5.69 Å². The summed E-state index contributed by atoms with van der Waals surface area (Å²) >= 11 is 0. The van der Waals surface area contributed by atoms with Crippen LogP contribution in [0.1, 0.15) is 57.6 Å². The van der Waals surface area contributed by atoms with E-state index in [9.17, 15) is 9.18 Å². The lowest BCUT2D eigenvalue weighted by molar-refractivity contribution is 0.155. The van der Waals surface area contributed by atoms with Gasteiger partial charge in [-0.2, -0.15) is 0 Å². The number of ether oxygens (including phenoxy) is 1. The maximum Gasteiger partial charge on any atom is 0.411 e. The molecule has 144 valence electrons. The fourth-order valence-corrected chi connectivity index (χ4v) is 3.89. The van der Waals surface area contributed by atoms with E-state index in [-0.39, 0.29) is 29.2 Å². The van der Waals surface area contributed by atoms with Crippen molar-refractivity contribution >= 4 is 11.8 Å². The van der Waals surface area contributed by atoms with Gasteiger partial charge in [0.2, 0.25) is 0 Å². The van der Waals surface area contributed by atoms with Gasteiger partial charge in [0.15, 0.2) is 0 Å². The Labute approximate surface area is 160 Å². The summed E-state index contributed by atoms with van der Waals surface area (Å²) in [6.45, 7) is 9.19. The van der Waals surface area contributed by atoms with E-state index in [0.717, 1.165) is 24.0 Å². The zero-order valence-corrected chi connectivity index (χ0v) is 16.5. The first-order valence-electron chi connectivity index (χ1n) is 9.45. The fourth-order valence-electron chi connectivity index (χ4n) is 3.89. The first-order valence-corrected chi connectivity index (χ1v) is 9.45. The smallest absolute Gasteiger partial charge is 0.411 e. The van der Waals surface area contributed by atoms with Crippen LogP contribution in [0.3, 0.4) is 0 Å². The number of benzene rings is 2. The molecule has 0 aliphatic heterocycles. The Morgan fingerprint density at radius 1 is 1.07 bits per heavy atom. The summed E-state index contributed by atoms with van der Waals surface area (Å²) in [5, 5.41) is 2.60. The minimum atomic E-state index is -0.589. The zero-order valence-electron chi connectivity index (χ0n) is 16.5. The van der Waals surface area contributed by atoms with Crippen LogP contribution < -0.4 is 5.32 Å². The Morgan fingerprint density at radius 2 is 1.70 bits per heavy atom. The van der Waals surface area contributed by atoms with Crippen molar-refractivity contribution in [1.29, 1.82) is 0 Å². The van der Waals surface area contributed by atoms with Crippen molar-refractivity contribution in [2.24, 2.45) is 10.8 Å². The van der Waals surface area contributed by atoms with Gasteiger partial charge in [-0.15, -0.1) is 0 Å². The van der Waals surface area contributed by atoms with Gasteiger partial charge in [-0.3, -0.25) is 5.32 Å². The van der Waals surface area contributed by atoms with Gasteiger partial charge in [-0.1, -0.05) is 64.1 Å². The number of anilines is 1. The number of carbonyl (C=O) groups is 1. The summed E-state index contributed by atoms with van der Waals surface area (Å²) in [5.74, 6) is -0.0663. The third-order valence-electron chi connectivity index (χ3n) is 6.24.